The van der Waals surface area contributed by atoms with Crippen LogP contribution in [0.4, 0.5) is 0 Å². The van der Waals surface area contributed by atoms with Crippen LogP contribution < -0.4 is 10.3 Å². The second-order valence-corrected chi connectivity index (χ2v) is 7.69. The van der Waals surface area contributed by atoms with Gasteiger partial charge in [-0.3, -0.25) is 4.79 Å². The smallest absolute Gasteiger partial charge is 0.297 e. The van der Waals surface area contributed by atoms with E-state index < -0.39 is 0 Å². The van der Waals surface area contributed by atoms with Crippen LogP contribution in [-0.2, 0) is 13.0 Å². The topological polar surface area (TPSA) is 69.4 Å². The van der Waals surface area contributed by atoms with Crippen LogP contribution in [-0.4, -0.2) is 26.1 Å². The van der Waals surface area contributed by atoms with Crippen LogP contribution in [0.5, 0.6) is 5.75 Å². The van der Waals surface area contributed by atoms with E-state index in [2.05, 4.69) is 15.3 Å². The van der Waals surface area contributed by atoms with Gasteiger partial charge in [-0.1, -0.05) is 41.7 Å². The van der Waals surface area contributed by atoms with Gasteiger partial charge in [0, 0.05) is 11.3 Å². The van der Waals surface area contributed by atoms with Crippen LogP contribution in [0.3, 0.4) is 0 Å². The lowest BCUT2D eigenvalue weighted by atomic mass is 10.1. The van der Waals surface area contributed by atoms with Gasteiger partial charge in [-0.2, -0.15) is 9.61 Å². The molecule has 0 fully saturated rings. The third kappa shape index (κ3) is 4.01. The Morgan fingerprint density at radius 1 is 1.07 bits per heavy atom. The summed E-state index contributed by atoms with van der Waals surface area (Å²) in [5.41, 5.74) is 1.16. The summed E-state index contributed by atoms with van der Waals surface area (Å²) in [6.45, 7) is 0.281. The number of ether oxygens (including phenoxy) is 1. The van der Waals surface area contributed by atoms with Gasteiger partial charge in [0.1, 0.15) is 18.1 Å². The molecule has 0 saturated heterocycles. The molecule has 0 bridgehead atoms. The normalized spacial score (nSPS) is 11.0. The summed E-state index contributed by atoms with van der Waals surface area (Å²) in [6.07, 6.45) is 2.46. The fourth-order valence-electron chi connectivity index (χ4n) is 2.55. The quantitative estimate of drug-likeness (QED) is 0.465. The maximum absolute atomic E-state index is 12.7. The van der Waals surface area contributed by atoms with Crippen molar-refractivity contribution in [1.82, 2.24) is 19.8 Å². The van der Waals surface area contributed by atoms with Gasteiger partial charge in [-0.15, -0.1) is 22.0 Å². The molecule has 0 saturated carbocycles. The summed E-state index contributed by atoms with van der Waals surface area (Å²) in [5.74, 6) is 0.754. The van der Waals surface area contributed by atoms with Crippen molar-refractivity contribution in [1.29, 1.82) is 0 Å². The third-order valence-electron chi connectivity index (χ3n) is 3.93. The van der Waals surface area contributed by atoms with E-state index in [0.29, 0.717) is 22.1 Å². The fraction of sp³-hybridized carbons (Fsp3) is 0.158. The van der Waals surface area contributed by atoms with E-state index in [0.717, 1.165) is 11.3 Å². The number of aromatic nitrogens is 4. The number of fused-ring (bicyclic) bond motifs is 1. The summed E-state index contributed by atoms with van der Waals surface area (Å²) in [4.78, 5) is 14.3. The molecule has 4 aromatic rings. The summed E-state index contributed by atoms with van der Waals surface area (Å²) in [6, 6.07) is 17.6. The van der Waals surface area contributed by atoms with E-state index in [1.807, 2.05) is 60.9 Å². The first kappa shape index (κ1) is 17.7. The summed E-state index contributed by atoms with van der Waals surface area (Å²) >= 11 is 2.98. The highest BCUT2D eigenvalue weighted by Gasteiger charge is 2.13. The second-order valence-electron chi connectivity index (χ2n) is 5.77. The first-order valence-corrected chi connectivity index (χ1v) is 10.3. The predicted molar refractivity (Wildman–Crippen MR) is 107 cm³/mol. The standard InChI is InChI=1S/C19H16N4O2S2/c1-26-15-9-7-13(8-10-15)11-16-18(24)23-19(21-20-16)27-17(22-23)12-25-14-5-3-2-4-6-14/h2-10H,11-12H2,1H3. The first-order chi connectivity index (χ1) is 13.2. The van der Waals surface area contributed by atoms with Gasteiger partial charge in [0.15, 0.2) is 5.01 Å². The van der Waals surface area contributed by atoms with Crippen molar-refractivity contribution in [2.45, 2.75) is 17.9 Å². The molecule has 0 radical (unpaired) electrons. The number of hydrogen-bond acceptors (Lipinski definition) is 7. The molecule has 0 N–H and O–H groups in total. The van der Waals surface area contributed by atoms with Crippen molar-refractivity contribution in [2.75, 3.05) is 6.26 Å². The molecule has 6 nitrogen and oxygen atoms in total. The minimum Gasteiger partial charge on any atom is -0.486 e. The molecule has 136 valence electrons. The van der Waals surface area contributed by atoms with Crippen molar-refractivity contribution >= 4 is 28.1 Å². The molecule has 0 atom stereocenters. The van der Waals surface area contributed by atoms with E-state index in [1.54, 1.807) is 11.8 Å². The van der Waals surface area contributed by atoms with Gasteiger partial charge in [-0.05, 0) is 36.1 Å². The molecule has 2 heterocycles. The summed E-state index contributed by atoms with van der Waals surface area (Å²) in [7, 11) is 0. The van der Waals surface area contributed by atoms with Gasteiger partial charge in [0.05, 0.1) is 0 Å². The molecule has 0 amide bonds. The van der Waals surface area contributed by atoms with Gasteiger partial charge >= 0.3 is 0 Å². The molecule has 0 spiro atoms. The largest absolute Gasteiger partial charge is 0.486 e. The SMILES string of the molecule is CSc1ccc(Cc2nnc3sc(COc4ccccc4)nn3c2=O)cc1. The number of benzene rings is 2. The molecular weight excluding hydrogens is 380 g/mol. The fourth-order valence-corrected chi connectivity index (χ4v) is 3.71. The van der Waals surface area contributed by atoms with Gasteiger partial charge in [-0.25, -0.2) is 0 Å². The van der Waals surface area contributed by atoms with Crippen molar-refractivity contribution in [3.05, 3.63) is 81.2 Å². The van der Waals surface area contributed by atoms with Crippen LogP contribution in [0.15, 0.2) is 64.3 Å². The highest BCUT2D eigenvalue weighted by atomic mass is 32.2. The van der Waals surface area contributed by atoms with E-state index in [9.17, 15) is 4.79 Å². The molecule has 0 aliphatic rings. The van der Waals surface area contributed by atoms with E-state index in [-0.39, 0.29) is 12.2 Å². The van der Waals surface area contributed by atoms with E-state index in [4.69, 9.17) is 4.74 Å². The van der Waals surface area contributed by atoms with Crippen LogP contribution in [0.25, 0.3) is 4.96 Å². The first-order valence-electron chi connectivity index (χ1n) is 8.28. The Morgan fingerprint density at radius 3 is 2.59 bits per heavy atom. The van der Waals surface area contributed by atoms with Crippen molar-refractivity contribution < 1.29 is 4.74 Å². The lowest BCUT2D eigenvalue weighted by Crippen LogP contribution is -2.22. The Morgan fingerprint density at radius 2 is 1.85 bits per heavy atom. The molecular formula is C19H16N4O2S2. The van der Waals surface area contributed by atoms with Crippen LogP contribution >= 0.6 is 23.1 Å². The maximum atomic E-state index is 12.7. The highest BCUT2D eigenvalue weighted by molar-refractivity contribution is 7.98. The molecule has 0 aliphatic heterocycles. The lowest BCUT2D eigenvalue weighted by Gasteiger charge is -2.02. The zero-order valence-electron chi connectivity index (χ0n) is 14.5. The Kier molecular flexibility index (Phi) is 5.17. The van der Waals surface area contributed by atoms with Crippen molar-refractivity contribution in [3.63, 3.8) is 0 Å². The van der Waals surface area contributed by atoms with E-state index in [1.165, 1.54) is 20.7 Å². The minimum atomic E-state index is -0.240. The number of para-hydroxylation sites is 1. The van der Waals surface area contributed by atoms with Crippen molar-refractivity contribution in [3.8, 4) is 5.75 Å². The molecule has 0 aliphatic carbocycles. The van der Waals surface area contributed by atoms with Crippen LogP contribution in [0.1, 0.15) is 16.3 Å². The van der Waals surface area contributed by atoms with Gasteiger partial charge in [0.25, 0.3) is 5.56 Å². The zero-order chi connectivity index (χ0) is 18.6. The number of rotatable bonds is 6. The highest BCUT2D eigenvalue weighted by Crippen LogP contribution is 2.17. The maximum Gasteiger partial charge on any atom is 0.297 e. The molecule has 27 heavy (non-hydrogen) atoms. The molecule has 4 rings (SSSR count). The average molecular weight is 396 g/mol. The predicted octanol–water partition coefficient (Wildman–Crippen LogP) is 3.44. The average Bonchev–Trinajstić information content (AvgIpc) is 3.14. The summed E-state index contributed by atoms with van der Waals surface area (Å²) in [5, 5.41) is 13.3. The Labute approximate surface area is 163 Å². The Balaban J connectivity index is 1.55. The molecule has 2 aromatic heterocycles. The Bertz CT molecular complexity index is 1110. The minimum absolute atomic E-state index is 0.240. The summed E-state index contributed by atoms with van der Waals surface area (Å²) < 4.78 is 7.00. The van der Waals surface area contributed by atoms with Crippen LogP contribution in [0.2, 0.25) is 0 Å². The van der Waals surface area contributed by atoms with Crippen LogP contribution in [0, 0.1) is 0 Å². The van der Waals surface area contributed by atoms with Crippen molar-refractivity contribution in [2.24, 2.45) is 0 Å². The second kappa shape index (κ2) is 7.89. The molecule has 8 heteroatoms. The number of hydrogen-bond donors (Lipinski definition) is 0. The monoisotopic (exact) mass is 396 g/mol. The lowest BCUT2D eigenvalue weighted by molar-refractivity contribution is 0.304. The third-order valence-corrected chi connectivity index (χ3v) is 5.55. The number of thioether (sulfide) groups is 1. The van der Waals surface area contributed by atoms with Gasteiger partial charge in [0.2, 0.25) is 4.96 Å². The molecule has 2 aromatic carbocycles. The molecule has 0 unspecified atom stereocenters. The Hall–Kier alpha value is -2.71. The zero-order valence-corrected chi connectivity index (χ0v) is 16.2. The van der Waals surface area contributed by atoms with E-state index >= 15 is 0 Å². The van der Waals surface area contributed by atoms with Gasteiger partial charge < -0.3 is 4.74 Å². The number of nitrogens with zero attached hydrogens (tertiary/aromatic N) is 4.